The molecule has 1 atom stereocenters. The number of hydrogen-bond donors (Lipinski definition) is 1. The molecule has 4 aliphatic carbocycles. The summed E-state index contributed by atoms with van der Waals surface area (Å²) < 4.78 is 27.2. The lowest BCUT2D eigenvalue weighted by Gasteiger charge is -2.57. The molecule has 4 bridgehead atoms. The zero-order valence-corrected chi connectivity index (χ0v) is 25.9. The van der Waals surface area contributed by atoms with Gasteiger partial charge in [-0.3, -0.25) is 13.9 Å². The number of hydrogen-bond acceptors (Lipinski definition) is 4. The number of carbonyl (C=O) groups excluding carboxylic acids is 2. The molecule has 2 aromatic carbocycles. The molecule has 0 radical (unpaired) electrons. The number of benzene rings is 2. The van der Waals surface area contributed by atoms with Gasteiger partial charge in [0.15, 0.2) is 0 Å². The number of amides is 2. The number of nitrogens with zero attached hydrogens (tertiary/aromatic N) is 2. The molecule has 4 aliphatic rings. The third kappa shape index (κ3) is 6.43. The fourth-order valence-corrected chi connectivity index (χ4v) is 8.89. The van der Waals surface area contributed by atoms with E-state index in [9.17, 15) is 18.0 Å². The molecule has 4 saturated carbocycles. The molecule has 0 aliphatic heterocycles. The van der Waals surface area contributed by atoms with E-state index in [1.165, 1.54) is 49.0 Å². The van der Waals surface area contributed by atoms with E-state index < -0.39 is 28.5 Å². The largest absolute Gasteiger partial charge is 0.354 e. The maximum Gasteiger partial charge on any atom is 0.244 e. The van der Waals surface area contributed by atoms with Crippen molar-refractivity contribution in [1.82, 2.24) is 10.2 Å². The topological polar surface area (TPSA) is 86.8 Å². The van der Waals surface area contributed by atoms with Gasteiger partial charge in [-0.05, 0) is 104 Å². The van der Waals surface area contributed by atoms with Gasteiger partial charge in [-0.2, -0.15) is 0 Å². The van der Waals surface area contributed by atoms with Crippen LogP contribution in [0, 0.1) is 17.8 Å². The fraction of sp³-hybridized carbons (Fsp3) is 0.562. The number of carbonyl (C=O) groups is 2. The Balaban J connectivity index is 1.39. The van der Waals surface area contributed by atoms with Crippen molar-refractivity contribution in [2.24, 2.45) is 17.8 Å². The molecule has 0 spiro atoms. The van der Waals surface area contributed by atoms with Crippen LogP contribution in [0.1, 0.15) is 69.9 Å². The first-order valence-corrected chi connectivity index (χ1v) is 17.1. The molecule has 2 aromatic rings. The van der Waals surface area contributed by atoms with Gasteiger partial charge in [0.25, 0.3) is 0 Å². The van der Waals surface area contributed by atoms with Gasteiger partial charge in [0.1, 0.15) is 12.6 Å². The molecule has 4 fully saturated rings. The number of anilines is 1. The highest BCUT2D eigenvalue weighted by atomic mass is 35.5. The van der Waals surface area contributed by atoms with Crippen LogP contribution in [0.2, 0.25) is 5.02 Å². The molecule has 222 valence electrons. The maximum absolute atomic E-state index is 13.8. The predicted octanol–water partition coefficient (Wildman–Crippen LogP) is 5.52. The summed E-state index contributed by atoms with van der Waals surface area (Å²) in [6.07, 6.45) is 9.63. The molecule has 7 nitrogen and oxygen atoms in total. The Bertz CT molecular complexity index is 1340. The Kier molecular flexibility index (Phi) is 8.72. The molecule has 1 N–H and O–H groups in total. The van der Waals surface area contributed by atoms with Crippen LogP contribution in [0.25, 0.3) is 0 Å². The van der Waals surface area contributed by atoms with Crippen molar-refractivity contribution in [1.29, 1.82) is 0 Å². The summed E-state index contributed by atoms with van der Waals surface area (Å²) in [5, 5.41) is 3.32. The molecule has 41 heavy (non-hydrogen) atoms. The highest BCUT2D eigenvalue weighted by Crippen LogP contribution is 2.60. The minimum absolute atomic E-state index is 0.0851. The van der Waals surface area contributed by atoms with Gasteiger partial charge in [0, 0.05) is 18.1 Å². The van der Waals surface area contributed by atoms with E-state index in [-0.39, 0.29) is 17.9 Å². The summed E-state index contributed by atoms with van der Waals surface area (Å²) in [4.78, 5) is 28.1. The lowest BCUT2D eigenvalue weighted by atomic mass is 9.48. The Hall–Kier alpha value is -2.58. The van der Waals surface area contributed by atoms with Crippen molar-refractivity contribution in [3.8, 4) is 0 Å². The van der Waals surface area contributed by atoms with E-state index >= 15 is 0 Å². The van der Waals surface area contributed by atoms with E-state index in [4.69, 9.17) is 11.6 Å². The molecule has 0 unspecified atom stereocenters. The van der Waals surface area contributed by atoms with Gasteiger partial charge < -0.3 is 10.2 Å². The predicted molar refractivity (Wildman–Crippen MR) is 163 cm³/mol. The molecule has 0 heterocycles. The summed E-state index contributed by atoms with van der Waals surface area (Å²) >= 11 is 6.40. The van der Waals surface area contributed by atoms with Crippen molar-refractivity contribution in [2.45, 2.75) is 76.8 Å². The number of halogens is 1. The lowest BCUT2D eigenvalue weighted by Crippen LogP contribution is -2.51. The fourth-order valence-electron chi connectivity index (χ4n) is 7.85. The number of rotatable bonds is 11. The molecule has 2 amide bonds. The van der Waals surface area contributed by atoms with Crippen LogP contribution >= 0.6 is 11.6 Å². The Morgan fingerprint density at radius 2 is 1.59 bits per heavy atom. The summed E-state index contributed by atoms with van der Waals surface area (Å²) in [6.45, 7) is 3.77. The quantitative estimate of drug-likeness (QED) is 0.369. The summed E-state index contributed by atoms with van der Waals surface area (Å²) in [6, 6.07) is 14.2. The van der Waals surface area contributed by atoms with E-state index in [0.717, 1.165) is 34.7 Å². The Morgan fingerprint density at radius 3 is 2.12 bits per heavy atom. The van der Waals surface area contributed by atoms with Crippen LogP contribution in [0.4, 0.5) is 5.69 Å². The van der Waals surface area contributed by atoms with E-state index in [1.54, 1.807) is 25.1 Å². The van der Waals surface area contributed by atoms with Crippen molar-refractivity contribution in [3.05, 3.63) is 64.7 Å². The van der Waals surface area contributed by atoms with Gasteiger partial charge in [0.05, 0.1) is 11.9 Å². The maximum atomic E-state index is 13.8. The van der Waals surface area contributed by atoms with Crippen molar-refractivity contribution >= 4 is 39.1 Å². The third-order valence-corrected chi connectivity index (χ3v) is 11.0. The van der Waals surface area contributed by atoms with Crippen molar-refractivity contribution in [2.75, 3.05) is 23.7 Å². The summed E-state index contributed by atoms with van der Waals surface area (Å²) in [5.74, 6) is 1.67. The molecule has 0 saturated heterocycles. The SMILES string of the molecule is CCCNC(=O)[C@@H](C)N(Cc1ccccc1Cl)C(=O)CN(c1ccc(C23CC4CC(CC(C4)C2)C3)cc1)S(C)(=O)=O. The average Bonchev–Trinajstić information content (AvgIpc) is 2.92. The highest BCUT2D eigenvalue weighted by molar-refractivity contribution is 7.92. The third-order valence-electron chi connectivity index (χ3n) is 9.50. The highest BCUT2D eigenvalue weighted by Gasteiger charge is 2.51. The zero-order valence-electron chi connectivity index (χ0n) is 24.3. The summed E-state index contributed by atoms with van der Waals surface area (Å²) in [7, 11) is -3.79. The zero-order chi connectivity index (χ0) is 29.4. The molecule has 9 heteroatoms. The van der Waals surface area contributed by atoms with Crippen LogP contribution in [-0.4, -0.2) is 50.5 Å². The van der Waals surface area contributed by atoms with Crippen LogP contribution in [0.5, 0.6) is 0 Å². The Labute approximate surface area is 249 Å². The lowest BCUT2D eigenvalue weighted by molar-refractivity contribution is -0.139. The molecule has 6 rings (SSSR count). The van der Waals surface area contributed by atoms with Crippen LogP contribution in [0.3, 0.4) is 0 Å². The number of sulfonamides is 1. The number of nitrogens with one attached hydrogen (secondary N) is 1. The molecular weight excluding hydrogens is 558 g/mol. The first kappa shape index (κ1) is 29.9. The molecular formula is C32H42ClN3O4S. The van der Waals surface area contributed by atoms with Crippen LogP contribution < -0.4 is 9.62 Å². The smallest absolute Gasteiger partial charge is 0.244 e. The normalized spacial score (nSPS) is 25.5. The van der Waals surface area contributed by atoms with E-state index in [1.807, 2.05) is 25.1 Å². The van der Waals surface area contributed by atoms with Crippen LogP contribution in [-0.2, 0) is 31.6 Å². The monoisotopic (exact) mass is 599 g/mol. The Morgan fingerprint density at radius 1 is 1.00 bits per heavy atom. The van der Waals surface area contributed by atoms with Crippen molar-refractivity contribution < 1.29 is 18.0 Å². The van der Waals surface area contributed by atoms with E-state index in [2.05, 4.69) is 17.4 Å². The minimum Gasteiger partial charge on any atom is -0.354 e. The van der Waals surface area contributed by atoms with Gasteiger partial charge in [-0.15, -0.1) is 0 Å². The van der Waals surface area contributed by atoms with Gasteiger partial charge >= 0.3 is 0 Å². The van der Waals surface area contributed by atoms with E-state index in [0.29, 0.717) is 22.8 Å². The summed E-state index contributed by atoms with van der Waals surface area (Å²) in [5.41, 5.74) is 2.63. The van der Waals surface area contributed by atoms with Gasteiger partial charge in [0.2, 0.25) is 21.8 Å². The second kappa shape index (κ2) is 12.0. The first-order valence-electron chi connectivity index (χ1n) is 14.9. The average molecular weight is 600 g/mol. The molecule has 0 aromatic heterocycles. The van der Waals surface area contributed by atoms with Crippen molar-refractivity contribution in [3.63, 3.8) is 0 Å². The minimum atomic E-state index is -3.79. The second-order valence-electron chi connectivity index (χ2n) is 12.6. The standard InChI is InChI=1S/C32H42ClN3O4S/c1-4-13-34-31(38)22(2)35(20-26-7-5-6-8-29(26)33)30(37)21-36(41(3,39)40)28-11-9-27(10-12-28)32-17-23-14-24(18-32)16-25(15-23)19-32/h5-12,22-25H,4,13-21H2,1-3H3,(H,34,38)/t22-,23?,24?,25?,32?/m1/s1. The second-order valence-corrected chi connectivity index (χ2v) is 14.9. The van der Waals surface area contributed by atoms with Gasteiger partial charge in [-0.1, -0.05) is 48.9 Å². The van der Waals surface area contributed by atoms with Gasteiger partial charge in [-0.25, -0.2) is 8.42 Å². The first-order chi connectivity index (χ1) is 19.5. The van der Waals surface area contributed by atoms with Crippen LogP contribution in [0.15, 0.2) is 48.5 Å².